The number of benzene rings is 2. The lowest BCUT2D eigenvalue weighted by molar-refractivity contribution is 0.962. The van der Waals surface area contributed by atoms with E-state index < -0.39 is 0 Å². The molecule has 1 heteroatoms. The number of aryl methyl sites for hydroxylation is 2. The summed E-state index contributed by atoms with van der Waals surface area (Å²) in [6, 6.07) is 9.53. The first kappa shape index (κ1) is 22.1. The van der Waals surface area contributed by atoms with Crippen LogP contribution in [0.2, 0.25) is 0 Å². The molecule has 0 aromatic heterocycles. The lowest BCUT2D eigenvalue weighted by atomic mass is 9.92. The minimum absolute atomic E-state index is 1.13. The monoisotopic (exact) mass is 382 g/mol. The molecule has 0 radical (unpaired) electrons. The van der Waals surface area contributed by atoms with E-state index in [0.717, 1.165) is 50.0 Å². The Balaban J connectivity index is 2.20. The van der Waals surface area contributed by atoms with Crippen LogP contribution in [0.1, 0.15) is 86.1 Å². The molecule has 0 nitrogen and oxygen atoms in total. The molecule has 0 N–H and O–H groups in total. The van der Waals surface area contributed by atoms with E-state index >= 15 is 0 Å². The highest BCUT2D eigenvalue weighted by Crippen LogP contribution is 2.29. The summed E-state index contributed by atoms with van der Waals surface area (Å²) in [5.41, 5.74) is 12.6. The Morgan fingerprint density at radius 2 is 0.741 bits per heavy atom. The van der Waals surface area contributed by atoms with Gasteiger partial charge in [-0.05, 0) is 83.0 Å². The minimum Gasteiger partial charge on any atom is -0.152 e. The topological polar surface area (TPSA) is 0 Å². The van der Waals surface area contributed by atoms with Crippen LogP contribution in [0, 0.1) is 0 Å². The predicted molar refractivity (Wildman–Crippen MR) is 124 cm³/mol. The summed E-state index contributed by atoms with van der Waals surface area (Å²) < 4.78 is 0. The Hall–Kier alpha value is -1.21. The minimum atomic E-state index is 1.13. The largest absolute Gasteiger partial charge is 0.152 e. The second-order valence-corrected chi connectivity index (χ2v) is 8.28. The van der Waals surface area contributed by atoms with Crippen molar-refractivity contribution in [3.8, 4) is 0 Å². The molecule has 0 spiro atoms. The number of rotatable bonds is 10. The van der Waals surface area contributed by atoms with Crippen molar-refractivity contribution in [2.24, 2.45) is 0 Å². The molecule has 27 heavy (non-hydrogen) atoms. The molecule has 148 valence electrons. The maximum absolute atomic E-state index is 2.39. The summed E-state index contributed by atoms with van der Waals surface area (Å²) >= 11 is 2.08. The Labute approximate surface area is 172 Å². The third-order valence-corrected chi connectivity index (χ3v) is 6.97. The fourth-order valence-corrected chi connectivity index (χ4v) is 5.63. The molecule has 0 unspecified atom stereocenters. The molecular formula is C26H38S. The predicted octanol–water partition coefficient (Wildman–Crippen LogP) is 7.49. The molecule has 0 saturated carbocycles. The molecule has 0 amide bonds. The van der Waals surface area contributed by atoms with Crippen molar-refractivity contribution in [1.82, 2.24) is 0 Å². The summed E-state index contributed by atoms with van der Waals surface area (Å²) in [4.78, 5) is 0. The van der Waals surface area contributed by atoms with Crippen molar-refractivity contribution in [2.45, 2.75) is 91.6 Å². The van der Waals surface area contributed by atoms with E-state index in [1.807, 2.05) is 0 Å². The molecule has 2 aromatic carbocycles. The Kier molecular flexibility index (Phi) is 8.96. The highest BCUT2D eigenvalue weighted by atomic mass is 32.2. The fourth-order valence-electron chi connectivity index (χ4n) is 4.55. The van der Waals surface area contributed by atoms with Crippen LogP contribution in [-0.4, -0.2) is 0 Å². The molecule has 0 bridgehead atoms. The SMILES string of the molecule is CCc1ccc(CSCc2ccc(CC)c(CC)c2CC)c(CC)c1CC. The van der Waals surface area contributed by atoms with E-state index in [1.54, 1.807) is 44.5 Å². The quantitative estimate of drug-likeness (QED) is 0.410. The van der Waals surface area contributed by atoms with E-state index in [4.69, 9.17) is 0 Å². The smallest absolute Gasteiger partial charge is 0.0190 e. The van der Waals surface area contributed by atoms with Crippen molar-refractivity contribution in [2.75, 3.05) is 0 Å². The lowest BCUT2D eigenvalue weighted by Gasteiger charge is -2.18. The van der Waals surface area contributed by atoms with E-state index in [1.165, 1.54) is 0 Å². The van der Waals surface area contributed by atoms with Gasteiger partial charge in [0.1, 0.15) is 0 Å². The molecule has 0 aliphatic rings. The zero-order valence-corrected chi connectivity index (χ0v) is 19.2. The average Bonchev–Trinajstić information content (AvgIpc) is 2.72. The van der Waals surface area contributed by atoms with Crippen LogP contribution >= 0.6 is 11.8 Å². The molecule has 0 aliphatic heterocycles. The lowest BCUT2D eigenvalue weighted by Crippen LogP contribution is -2.03. The van der Waals surface area contributed by atoms with Crippen molar-refractivity contribution in [3.05, 3.63) is 68.8 Å². The van der Waals surface area contributed by atoms with Gasteiger partial charge in [0, 0.05) is 11.5 Å². The van der Waals surface area contributed by atoms with Crippen LogP contribution in [0.3, 0.4) is 0 Å². The van der Waals surface area contributed by atoms with E-state index in [2.05, 4.69) is 77.6 Å². The van der Waals surface area contributed by atoms with E-state index in [-0.39, 0.29) is 0 Å². The first-order chi connectivity index (χ1) is 13.1. The third-order valence-electron chi connectivity index (χ3n) is 5.94. The van der Waals surface area contributed by atoms with Crippen molar-refractivity contribution in [3.63, 3.8) is 0 Å². The first-order valence-corrected chi connectivity index (χ1v) is 12.1. The van der Waals surface area contributed by atoms with Gasteiger partial charge in [0.25, 0.3) is 0 Å². The molecule has 0 fully saturated rings. The molecule has 0 atom stereocenters. The maximum Gasteiger partial charge on any atom is 0.0190 e. The van der Waals surface area contributed by atoms with Gasteiger partial charge in [-0.15, -0.1) is 0 Å². The summed E-state index contributed by atoms with van der Waals surface area (Å²) in [7, 11) is 0. The Morgan fingerprint density at radius 1 is 0.444 bits per heavy atom. The third kappa shape index (κ3) is 4.99. The van der Waals surface area contributed by atoms with Gasteiger partial charge in [0.2, 0.25) is 0 Å². The summed E-state index contributed by atoms with van der Waals surface area (Å²) in [6.45, 7) is 13.8. The molecule has 2 aromatic rings. The number of hydrogen-bond donors (Lipinski definition) is 0. The molecule has 0 saturated heterocycles. The van der Waals surface area contributed by atoms with Crippen LogP contribution in [0.25, 0.3) is 0 Å². The van der Waals surface area contributed by atoms with Gasteiger partial charge < -0.3 is 0 Å². The van der Waals surface area contributed by atoms with Crippen molar-refractivity contribution < 1.29 is 0 Å². The zero-order valence-electron chi connectivity index (χ0n) is 18.4. The Bertz CT molecular complexity index is 679. The molecule has 0 heterocycles. The Morgan fingerprint density at radius 3 is 1.04 bits per heavy atom. The van der Waals surface area contributed by atoms with Crippen molar-refractivity contribution >= 4 is 11.8 Å². The summed E-state index contributed by atoms with van der Waals surface area (Å²) in [6.07, 6.45) is 6.91. The van der Waals surface area contributed by atoms with Gasteiger partial charge >= 0.3 is 0 Å². The standard InChI is InChI=1S/C26H38S/c1-7-19-13-15-21(25(11-5)23(19)9-3)17-27-18-22-16-14-20(8-2)24(10-4)26(22)12-6/h13-16H,7-12,17-18H2,1-6H3. The molecule has 2 rings (SSSR count). The normalized spacial score (nSPS) is 11.2. The van der Waals surface area contributed by atoms with Crippen LogP contribution in [0.5, 0.6) is 0 Å². The molecular weight excluding hydrogens is 344 g/mol. The fraction of sp³-hybridized carbons (Fsp3) is 0.538. The zero-order chi connectivity index (χ0) is 19.8. The van der Waals surface area contributed by atoms with Gasteiger partial charge in [-0.25, -0.2) is 0 Å². The first-order valence-electron chi connectivity index (χ1n) is 11.0. The summed E-state index contributed by atoms with van der Waals surface area (Å²) in [5.74, 6) is 2.25. The van der Waals surface area contributed by atoms with Crippen LogP contribution < -0.4 is 0 Å². The maximum atomic E-state index is 2.39. The molecule has 0 aliphatic carbocycles. The average molecular weight is 383 g/mol. The highest BCUT2D eigenvalue weighted by molar-refractivity contribution is 7.97. The second kappa shape index (κ2) is 11.0. The van der Waals surface area contributed by atoms with Crippen LogP contribution in [-0.2, 0) is 50.0 Å². The van der Waals surface area contributed by atoms with Gasteiger partial charge in [-0.1, -0.05) is 65.8 Å². The van der Waals surface area contributed by atoms with E-state index in [9.17, 15) is 0 Å². The number of hydrogen-bond acceptors (Lipinski definition) is 1. The highest BCUT2D eigenvalue weighted by Gasteiger charge is 2.12. The van der Waals surface area contributed by atoms with Gasteiger partial charge in [-0.3, -0.25) is 0 Å². The van der Waals surface area contributed by atoms with Gasteiger partial charge in [0.15, 0.2) is 0 Å². The summed E-state index contributed by atoms with van der Waals surface area (Å²) in [5, 5.41) is 0. The second-order valence-electron chi connectivity index (χ2n) is 7.30. The van der Waals surface area contributed by atoms with Crippen LogP contribution in [0.15, 0.2) is 24.3 Å². The van der Waals surface area contributed by atoms with Gasteiger partial charge in [-0.2, -0.15) is 11.8 Å². The van der Waals surface area contributed by atoms with Crippen molar-refractivity contribution in [1.29, 1.82) is 0 Å². The van der Waals surface area contributed by atoms with E-state index in [0.29, 0.717) is 0 Å². The number of thioether (sulfide) groups is 1. The van der Waals surface area contributed by atoms with Crippen LogP contribution in [0.4, 0.5) is 0 Å². The van der Waals surface area contributed by atoms with Gasteiger partial charge in [0.05, 0.1) is 0 Å².